The van der Waals surface area contributed by atoms with Crippen molar-refractivity contribution in [2.75, 3.05) is 11.9 Å². The first-order chi connectivity index (χ1) is 11.4. The standard InChI is InChI=1S/C17H28N4O3/c1-11(2)15(19)17(24)21-14(4-3-9-18)16(23)20-13-7-5-12(10-22)6-8-13/h5-8,11,14-15,22H,3-4,9-10,18-19H2,1-2H3,(H,20,23)(H,21,24). The summed E-state index contributed by atoms with van der Waals surface area (Å²) in [6.07, 6.45) is 1.05. The molecule has 2 amide bonds. The summed E-state index contributed by atoms with van der Waals surface area (Å²) in [5.41, 5.74) is 12.7. The summed E-state index contributed by atoms with van der Waals surface area (Å²) < 4.78 is 0. The van der Waals surface area contributed by atoms with Gasteiger partial charge in [-0.15, -0.1) is 0 Å². The van der Waals surface area contributed by atoms with Crippen molar-refractivity contribution >= 4 is 17.5 Å². The molecule has 0 aliphatic heterocycles. The third-order valence-corrected chi connectivity index (χ3v) is 3.75. The van der Waals surface area contributed by atoms with Crippen LogP contribution in [0.5, 0.6) is 0 Å². The fourth-order valence-corrected chi connectivity index (χ4v) is 2.08. The van der Waals surface area contributed by atoms with Crippen molar-refractivity contribution in [1.82, 2.24) is 5.32 Å². The molecule has 7 nitrogen and oxygen atoms in total. The van der Waals surface area contributed by atoms with E-state index in [0.29, 0.717) is 25.1 Å². The van der Waals surface area contributed by atoms with Gasteiger partial charge in [0.15, 0.2) is 0 Å². The van der Waals surface area contributed by atoms with Crippen LogP contribution in [0.25, 0.3) is 0 Å². The van der Waals surface area contributed by atoms with Crippen molar-refractivity contribution in [3.05, 3.63) is 29.8 Å². The minimum atomic E-state index is -0.691. The smallest absolute Gasteiger partial charge is 0.246 e. The second-order valence-electron chi connectivity index (χ2n) is 6.11. The summed E-state index contributed by atoms with van der Waals surface area (Å²) in [7, 11) is 0. The van der Waals surface area contributed by atoms with Gasteiger partial charge in [-0.1, -0.05) is 26.0 Å². The van der Waals surface area contributed by atoms with Crippen LogP contribution in [0.15, 0.2) is 24.3 Å². The lowest BCUT2D eigenvalue weighted by molar-refractivity contribution is -0.128. The van der Waals surface area contributed by atoms with E-state index in [0.717, 1.165) is 5.56 Å². The third-order valence-electron chi connectivity index (χ3n) is 3.75. The molecule has 0 fully saturated rings. The van der Waals surface area contributed by atoms with Crippen molar-refractivity contribution in [3.8, 4) is 0 Å². The van der Waals surface area contributed by atoms with Gasteiger partial charge in [-0.25, -0.2) is 0 Å². The molecule has 0 saturated heterocycles. The van der Waals surface area contributed by atoms with Gasteiger partial charge in [0.2, 0.25) is 11.8 Å². The molecule has 7 heteroatoms. The van der Waals surface area contributed by atoms with E-state index in [4.69, 9.17) is 16.6 Å². The van der Waals surface area contributed by atoms with Crippen LogP contribution < -0.4 is 22.1 Å². The molecular weight excluding hydrogens is 308 g/mol. The second kappa shape index (κ2) is 10.0. The Balaban J connectivity index is 2.74. The van der Waals surface area contributed by atoms with Crippen LogP contribution in [0.1, 0.15) is 32.3 Å². The van der Waals surface area contributed by atoms with Gasteiger partial charge in [0.1, 0.15) is 6.04 Å². The molecule has 0 aliphatic carbocycles. The van der Waals surface area contributed by atoms with E-state index >= 15 is 0 Å². The van der Waals surface area contributed by atoms with Crippen molar-refractivity contribution in [2.24, 2.45) is 17.4 Å². The zero-order chi connectivity index (χ0) is 18.1. The first-order valence-corrected chi connectivity index (χ1v) is 8.15. The lowest BCUT2D eigenvalue weighted by Crippen LogP contribution is -2.51. The number of nitrogens with two attached hydrogens (primary N) is 2. The first-order valence-electron chi connectivity index (χ1n) is 8.15. The Kier molecular flexibility index (Phi) is 8.39. The van der Waals surface area contributed by atoms with Crippen molar-refractivity contribution < 1.29 is 14.7 Å². The molecule has 1 aromatic rings. The second-order valence-corrected chi connectivity index (χ2v) is 6.11. The maximum Gasteiger partial charge on any atom is 0.246 e. The van der Waals surface area contributed by atoms with E-state index in [1.807, 2.05) is 13.8 Å². The predicted molar refractivity (Wildman–Crippen MR) is 94.0 cm³/mol. The summed E-state index contributed by atoms with van der Waals surface area (Å²) >= 11 is 0. The molecule has 0 spiro atoms. The minimum Gasteiger partial charge on any atom is -0.392 e. The van der Waals surface area contributed by atoms with E-state index < -0.39 is 12.1 Å². The summed E-state index contributed by atoms with van der Waals surface area (Å²) in [6, 6.07) is 5.48. The number of aliphatic hydroxyl groups excluding tert-OH is 1. The Morgan fingerprint density at radius 1 is 1.17 bits per heavy atom. The number of benzene rings is 1. The van der Waals surface area contributed by atoms with Crippen molar-refractivity contribution in [2.45, 2.75) is 45.4 Å². The Morgan fingerprint density at radius 2 is 1.79 bits per heavy atom. The molecule has 0 aromatic heterocycles. The SMILES string of the molecule is CC(C)C(N)C(=O)NC(CCCN)C(=O)Nc1ccc(CO)cc1. The Morgan fingerprint density at radius 3 is 2.29 bits per heavy atom. The largest absolute Gasteiger partial charge is 0.392 e. The molecule has 1 aromatic carbocycles. The van der Waals surface area contributed by atoms with Gasteiger partial charge >= 0.3 is 0 Å². The predicted octanol–water partition coefficient (Wildman–Crippen LogP) is 0.324. The van der Waals surface area contributed by atoms with E-state index in [9.17, 15) is 9.59 Å². The van der Waals surface area contributed by atoms with Gasteiger partial charge in [0, 0.05) is 5.69 Å². The average Bonchev–Trinajstić information content (AvgIpc) is 2.58. The minimum absolute atomic E-state index is 0.0192. The van der Waals surface area contributed by atoms with E-state index in [-0.39, 0.29) is 24.3 Å². The number of amides is 2. The quantitative estimate of drug-likeness (QED) is 0.443. The Labute approximate surface area is 142 Å². The van der Waals surface area contributed by atoms with Gasteiger partial charge in [-0.3, -0.25) is 9.59 Å². The van der Waals surface area contributed by atoms with Gasteiger partial charge < -0.3 is 27.2 Å². The number of anilines is 1. The van der Waals surface area contributed by atoms with Gasteiger partial charge in [0.25, 0.3) is 0 Å². The molecule has 134 valence electrons. The third kappa shape index (κ3) is 6.27. The number of carbonyl (C=O) groups excluding carboxylic acids is 2. The van der Waals surface area contributed by atoms with Gasteiger partial charge in [0.05, 0.1) is 12.6 Å². The number of hydrogen-bond donors (Lipinski definition) is 5. The molecule has 0 radical (unpaired) electrons. The maximum absolute atomic E-state index is 12.4. The fraction of sp³-hybridized carbons (Fsp3) is 0.529. The lowest BCUT2D eigenvalue weighted by atomic mass is 10.0. The number of rotatable bonds is 9. The molecule has 24 heavy (non-hydrogen) atoms. The number of nitrogens with one attached hydrogen (secondary N) is 2. The topological polar surface area (TPSA) is 130 Å². The molecule has 0 aliphatic rings. The van der Waals surface area contributed by atoms with Crippen molar-refractivity contribution in [1.29, 1.82) is 0 Å². The van der Waals surface area contributed by atoms with Crippen LogP contribution in [-0.2, 0) is 16.2 Å². The monoisotopic (exact) mass is 336 g/mol. The molecule has 2 atom stereocenters. The highest BCUT2D eigenvalue weighted by Gasteiger charge is 2.24. The normalized spacial score (nSPS) is 13.4. The zero-order valence-electron chi connectivity index (χ0n) is 14.3. The summed E-state index contributed by atoms with van der Waals surface area (Å²) in [4.78, 5) is 24.6. The molecular formula is C17H28N4O3. The molecule has 2 unspecified atom stereocenters. The highest BCUT2D eigenvalue weighted by atomic mass is 16.3. The van der Waals surface area contributed by atoms with Crippen LogP contribution in [-0.4, -0.2) is 35.5 Å². The van der Waals surface area contributed by atoms with Crippen LogP contribution in [0.4, 0.5) is 5.69 Å². The van der Waals surface area contributed by atoms with E-state index in [1.54, 1.807) is 24.3 Å². The molecule has 7 N–H and O–H groups in total. The summed E-state index contributed by atoms with van der Waals surface area (Å²) in [6.45, 7) is 4.07. The van der Waals surface area contributed by atoms with Gasteiger partial charge in [-0.05, 0) is 43.0 Å². The van der Waals surface area contributed by atoms with Crippen LogP contribution >= 0.6 is 0 Å². The van der Waals surface area contributed by atoms with Crippen LogP contribution in [0, 0.1) is 5.92 Å². The molecule has 0 bridgehead atoms. The molecule has 1 rings (SSSR count). The number of hydrogen-bond acceptors (Lipinski definition) is 5. The highest BCUT2D eigenvalue weighted by molar-refractivity contribution is 5.97. The maximum atomic E-state index is 12.4. The highest BCUT2D eigenvalue weighted by Crippen LogP contribution is 2.11. The Hall–Kier alpha value is -1.96. The van der Waals surface area contributed by atoms with Crippen LogP contribution in [0.3, 0.4) is 0 Å². The summed E-state index contributed by atoms with van der Waals surface area (Å²) in [5.74, 6) is -0.684. The average molecular weight is 336 g/mol. The van der Waals surface area contributed by atoms with E-state index in [1.165, 1.54) is 0 Å². The molecule has 0 saturated carbocycles. The summed E-state index contributed by atoms with van der Waals surface area (Å²) in [5, 5.41) is 14.5. The first kappa shape index (κ1) is 20.1. The number of aliphatic hydroxyl groups is 1. The number of carbonyl (C=O) groups is 2. The molecule has 0 heterocycles. The zero-order valence-corrected chi connectivity index (χ0v) is 14.3. The fourth-order valence-electron chi connectivity index (χ4n) is 2.08. The Bertz CT molecular complexity index is 531. The van der Waals surface area contributed by atoms with Crippen molar-refractivity contribution in [3.63, 3.8) is 0 Å². The lowest BCUT2D eigenvalue weighted by Gasteiger charge is -2.22. The van der Waals surface area contributed by atoms with E-state index in [2.05, 4.69) is 10.6 Å². The van der Waals surface area contributed by atoms with Crippen LogP contribution in [0.2, 0.25) is 0 Å². The van der Waals surface area contributed by atoms with Gasteiger partial charge in [-0.2, -0.15) is 0 Å².